The molecule has 0 saturated carbocycles. The minimum absolute atomic E-state index is 0.487. The molecule has 2 rings (SSSR count). The van der Waals surface area contributed by atoms with Gasteiger partial charge >= 0.3 is 0 Å². The maximum absolute atomic E-state index is 9.54. The lowest BCUT2D eigenvalue weighted by Crippen LogP contribution is -1.86. The molecule has 0 radical (unpaired) electrons. The van der Waals surface area contributed by atoms with Gasteiger partial charge in [-0.25, -0.2) is 0 Å². The van der Waals surface area contributed by atoms with E-state index < -0.39 is 0 Å². The highest BCUT2D eigenvalue weighted by Crippen LogP contribution is 2.37. The topological polar surface area (TPSA) is 20.2 Å². The van der Waals surface area contributed by atoms with Crippen molar-refractivity contribution in [1.29, 1.82) is 0 Å². The van der Waals surface area contributed by atoms with Gasteiger partial charge in [-0.05, 0) is 19.8 Å². The number of hydrogen-bond donors (Lipinski definition) is 1. The summed E-state index contributed by atoms with van der Waals surface area (Å²) in [6.07, 6.45) is 6.36. The summed E-state index contributed by atoms with van der Waals surface area (Å²) in [6, 6.07) is 0. The summed E-state index contributed by atoms with van der Waals surface area (Å²) in [6.45, 7) is 1.96. The fraction of sp³-hybridized carbons (Fsp3) is 0.333. The Kier molecular flexibility index (Phi) is 1.50. The lowest BCUT2D eigenvalue weighted by molar-refractivity contribution is 0.472. The lowest BCUT2D eigenvalue weighted by Gasteiger charge is -2.02. The molecule has 0 bridgehead atoms. The second-order valence-electron chi connectivity index (χ2n) is 2.78. The lowest BCUT2D eigenvalue weighted by atomic mass is 10.1. The standard InChI is InChI=1S/C9H10OS/c1-6-9(10)7-4-2-3-5-8(7)11-6/h2,4,10H,3,5H2,1H3. The Balaban J connectivity index is 2.61. The summed E-state index contributed by atoms with van der Waals surface area (Å²) in [5.74, 6) is 0.487. The molecule has 58 valence electrons. The molecule has 2 heteroatoms. The zero-order valence-corrected chi connectivity index (χ0v) is 7.24. The van der Waals surface area contributed by atoms with E-state index in [1.165, 1.54) is 4.88 Å². The predicted molar refractivity (Wildman–Crippen MR) is 48.1 cm³/mol. The van der Waals surface area contributed by atoms with Crippen LogP contribution in [0.4, 0.5) is 0 Å². The molecule has 0 unspecified atom stereocenters. The van der Waals surface area contributed by atoms with Gasteiger partial charge in [0.25, 0.3) is 0 Å². The number of fused-ring (bicyclic) bond motifs is 1. The van der Waals surface area contributed by atoms with Gasteiger partial charge in [0.05, 0.1) is 0 Å². The molecule has 1 aromatic heterocycles. The van der Waals surface area contributed by atoms with Gasteiger partial charge < -0.3 is 5.11 Å². The largest absolute Gasteiger partial charge is 0.506 e. The summed E-state index contributed by atoms with van der Waals surface area (Å²) >= 11 is 1.72. The fourth-order valence-electron chi connectivity index (χ4n) is 1.38. The predicted octanol–water partition coefficient (Wildman–Crippen LogP) is 2.72. The van der Waals surface area contributed by atoms with E-state index in [0.717, 1.165) is 23.3 Å². The molecular formula is C9H10OS. The van der Waals surface area contributed by atoms with Crippen LogP contribution < -0.4 is 0 Å². The molecule has 0 amide bonds. The minimum atomic E-state index is 0.487. The summed E-state index contributed by atoms with van der Waals surface area (Å²) in [7, 11) is 0. The average molecular weight is 166 g/mol. The molecule has 0 aromatic carbocycles. The quantitative estimate of drug-likeness (QED) is 0.628. The van der Waals surface area contributed by atoms with Gasteiger partial charge in [-0.2, -0.15) is 0 Å². The number of thiophene rings is 1. The van der Waals surface area contributed by atoms with Crippen LogP contribution in [0.5, 0.6) is 5.75 Å². The highest BCUT2D eigenvalue weighted by Gasteiger charge is 2.13. The Bertz CT molecular complexity index is 310. The van der Waals surface area contributed by atoms with Crippen LogP contribution in [-0.2, 0) is 6.42 Å². The Labute approximate surface area is 70.0 Å². The van der Waals surface area contributed by atoms with Crippen LogP contribution in [0, 0.1) is 6.92 Å². The third-order valence-electron chi connectivity index (χ3n) is 1.99. The molecule has 1 nitrogen and oxygen atoms in total. The SMILES string of the molecule is Cc1sc2c(c1O)C=CCC2. The first-order chi connectivity index (χ1) is 5.29. The van der Waals surface area contributed by atoms with Crippen molar-refractivity contribution in [3.05, 3.63) is 21.4 Å². The minimum Gasteiger partial charge on any atom is -0.506 e. The van der Waals surface area contributed by atoms with E-state index in [1.54, 1.807) is 11.3 Å². The Hall–Kier alpha value is -0.760. The van der Waals surface area contributed by atoms with Crippen molar-refractivity contribution in [2.24, 2.45) is 0 Å². The summed E-state index contributed by atoms with van der Waals surface area (Å²) in [5, 5.41) is 9.54. The van der Waals surface area contributed by atoms with E-state index in [0.29, 0.717) is 5.75 Å². The summed E-state index contributed by atoms with van der Waals surface area (Å²) in [4.78, 5) is 2.38. The molecule has 0 fully saturated rings. The van der Waals surface area contributed by atoms with Gasteiger partial charge in [0, 0.05) is 15.3 Å². The Morgan fingerprint density at radius 2 is 2.36 bits per heavy atom. The molecule has 1 aliphatic rings. The number of rotatable bonds is 0. The van der Waals surface area contributed by atoms with Crippen LogP contribution in [0.1, 0.15) is 21.7 Å². The van der Waals surface area contributed by atoms with Gasteiger partial charge in [-0.3, -0.25) is 0 Å². The van der Waals surface area contributed by atoms with E-state index in [-0.39, 0.29) is 0 Å². The number of hydrogen-bond acceptors (Lipinski definition) is 2. The van der Waals surface area contributed by atoms with Crippen molar-refractivity contribution in [1.82, 2.24) is 0 Å². The molecule has 1 aromatic rings. The zero-order chi connectivity index (χ0) is 7.84. The monoisotopic (exact) mass is 166 g/mol. The Morgan fingerprint density at radius 3 is 3.09 bits per heavy atom. The van der Waals surface area contributed by atoms with Gasteiger partial charge in [0.2, 0.25) is 0 Å². The molecule has 11 heavy (non-hydrogen) atoms. The van der Waals surface area contributed by atoms with E-state index in [1.807, 2.05) is 13.0 Å². The van der Waals surface area contributed by atoms with Crippen molar-refractivity contribution < 1.29 is 5.11 Å². The van der Waals surface area contributed by atoms with Crippen LogP contribution in [0.2, 0.25) is 0 Å². The average Bonchev–Trinajstić information content (AvgIpc) is 2.30. The van der Waals surface area contributed by atoms with Crippen LogP contribution in [-0.4, -0.2) is 5.11 Å². The molecule has 1 heterocycles. The highest BCUT2D eigenvalue weighted by atomic mass is 32.1. The van der Waals surface area contributed by atoms with Crippen molar-refractivity contribution in [3.8, 4) is 5.75 Å². The van der Waals surface area contributed by atoms with Crippen LogP contribution in [0.3, 0.4) is 0 Å². The molecular weight excluding hydrogens is 156 g/mol. The second-order valence-corrected chi connectivity index (χ2v) is 4.09. The fourth-order valence-corrected chi connectivity index (χ4v) is 2.45. The molecule has 0 spiro atoms. The van der Waals surface area contributed by atoms with Crippen molar-refractivity contribution in [2.45, 2.75) is 19.8 Å². The molecule has 1 N–H and O–H groups in total. The molecule has 0 aliphatic heterocycles. The van der Waals surface area contributed by atoms with Crippen molar-refractivity contribution >= 4 is 17.4 Å². The zero-order valence-electron chi connectivity index (χ0n) is 6.42. The number of aryl methyl sites for hydroxylation is 2. The van der Waals surface area contributed by atoms with Crippen LogP contribution in [0.25, 0.3) is 6.08 Å². The third kappa shape index (κ3) is 0.979. The van der Waals surface area contributed by atoms with E-state index in [9.17, 15) is 5.11 Å². The summed E-state index contributed by atoms with van der Waals surface area (Å²) < 4.78 is 0. The van der Waals surface area contributed by atoms with Gasteiger partial charge in [0.15, 0.2) is 0 Å². The van der Waals surface area contributed by atoms with E-state index in [2.05, 4.69) is 6.08 Å². The van der Waals surface area contributed by atoms with E-state index in [4.69, 9.17) is 0 Å². The van der Waals surface area contributed by atoms with Crippen molar-refractivity contribution in [2.75, 3.05) is 0 Å². The second kappa shape index (κ2) is 2.38. The molecule has 0 saturated heterocycles. The maximum atomic E-state index is 9.54. The van der Waals surface area contributed by atoms with E-state index >= 15 is 0 Å². The van der Waals surface area contributed by atoms with Crippen LogP contribution in [0.15, 0.2) is 6.08 Å². The van der Waals surface area contributed by atoms with Gasteiger partial charge in [-0.15, -0.1) is 11.3 Å². The first kappa shape index (κ1) is 6.92. The Morgan fingerprint density at radius 1 is 1.55 bits per heavy atom. The first-order valence-electron chi connectivity index (χ1n) is 3.77. The smallest absolute Gasteiger partial charge is 0.136 e. The first-order valence-corrected chi connectivity index (χ1v) is 4.58. The van der Waals surface area contributed by atoms with Gasteiger partial charge in [0.1, 0.15) is 5.75 Å². The molecule has 0 atom stereocenters. The number of allylic oxidation sites excluding steroid dienone is 1. The van der Waals surface area contributed by atoms with Gasteiger partial charge in [-0.1, -0.05) is 12.2 Å². The third-order valence-corrected chi connectivity index (χ3v) is 3.16. The van der Waals surface area contributed by atoms with Crippen LogP contribution >= 0.6 is 11.3 Å². The maximum Gasteiger partial charge on any atom is 0.136 e. The molecule has 1 aliphatic carbocycles. The normalized spacial score (nSPS) is 15.0. The number of aromatic hydroxyl groups is 1. The summed E-state index contributed by atoms with van der Waals surface area (Å²) in [5.41, 5.74) is 1.05. The highest BCUT2D eigenvalue weighted by molar-refractivity contribution is 7.12. The van der Waals surface area contributed by atoms with Crippen molar-refractivity contribution in [3.63, 3.8) is 0 Å².